The van der Waals surface area contributed by atoms with Gasteiger partial charge >= 0.3 is 0 Å². The Labute approximate surface area is 127 Å². The minimum atomic E-state index is 0.571. The molecule has 0 unspecified atom stereocenters. The zero-order chi connectivity index (χ0) is 15.0. The molecular formula is C15H18N2O3S. The van der Waals surface area contributed by atoms with E-state index in [-0.39, 0.29) is 0 Å². The van der Waals surface area contributed by atoms with Crippen molar-refractivity contribution in [3.63, 3.8) is 0 Å². The number of nitrogens with zero attached hydrogens (tertiary/aromatic N) is 1. The molecule has 0 radical (unpaired) electrons. The predicted octanol–water partition coefficient (Wildman–Crippen LogP) is 3.30. The van der Waals surface area contributed by atoms with E-state index in [2.05, 4.69) is 0 Å². The smallest absolute Gasteiger partial charge is 0.135 e. The summed E-state index contributed by atoms with van der Waals surface area (Å²) < 4.78 is 16.2. The topological polar surface area (TPSA) is 66.6 Å². The molecular weight excluding hydrogens is 288 g/mol. The summed E-state index contributed by atoms with van der Waals surface area (Å²) in [6, 6.07) is 3.63. The minimum absolute atomic E-state index is 0.571. The maximum absolute atomic E-state index is 6.17. The molecule has 1 fully saturated rings. The summed E-state index contributed by atoms with van der Waals surface area (Å²) in [5.41, 5.74) is 7.68. The second-order valence-corrected chi connectivity index (χ2v) is 6.01. The summed E-state index contributed by atoms with van der Waals surface area (Å²) >= 11 is 1.55. The van der Waals surface area contributed by atoms with Gasteiger partial charge in [0, 0.05) is 18.1 Å². The Hall–Kier alpha value is -1.95. The van der Waals surface area contributed by atoms with Crippen molar-refractivity contribution < 1.29 is 14.2 Å². The molecule has 1 saturated carbocycles. The average molecular weight is 306 g/mol. The third-order valence-electron chi connectivity index (χ3n) is 3.55. The first kappa shape index (κ1) is 14.0. The van der Waals surface area contributed by atoms with E-state index in [4.69, 9.17) is 24.9 Å². The number of ether oxygens (including phenoxy) is 3. The maximum Gasteiger partial charge on any atom is 0.135 e. The molecule has 112 valence electrons. The fraction of sp³-hybridized carbons (Fsp3) is 0.400. The van der Waals surface area contributed by atoms with E-state index >= 15 is 0 Å². The Morgan fingerprint density at radius 1 is 1.10 bits per heavy atom. The monoisotopic (exact) mass is 306 g/mol. The molecule has 2 N–H and O–H groups in total. The van der Waals surface area contributed by atoms with Gasteiger partial charge in [-0.1, -0.05) is 0 Å². The molecule has 5 nitrogen and oxygen atoms in total. The van der Waals surface area contributed by atoms with Crippen LogP contribution in [0.15, 0.2) is 12.1 Å². The third kappa shape index (κ3) is 2.51. The number of nitrogen functional groups attached to an aromatic ring is 1. The lowest BCUT2D eigenvalue weighted by molar-refractivity contribution is 0.377. The molecule has 21 heavy (non-hydrogen) atoms. The molecule has 0 atom stereocenters. The van der Waals surface area contributed by atoms with Crippen molar-refractivity contribution in [1.29, 1.82) is 0 Å². The van der Waals surface area contributed by atoms with Crippen LogP contribution in [-0.2, 0) is 0 Å². The first-order chi connectivity index (χ1) is 10.2. The molecule has 1 aromatic carbocycles. The molecule has 1 aliphatic carbocycles. The van der Waals surface area contributed by atoms with Gasteiger partial charge in [0.1, 0.15) is 27.9 Å². The number of hydrogen-bond donors (Lipinski definition) is 1. The van der Waals surface area contributed by atoms with E-state index in [1.807, 2.05) is 12.1 Å². The van der Waals surface area contributed by atoms with E-state index < -0.39 is 0 Å². The van der Waals surface area contributed by atoms with E-state index in [1.165, 1.54) is 12.8 Å². The molecule has 2 aromatic rings. The summed E-state index contributed by atoms with van der Waals surface area (Å²) in [4.78, 5) is 4.71. The number of thiazole rings is 1. The van der Waals surface area contributed by atoms with Gasteiger partial charge in [-0.15, -0.1) is 11.3 Å². The summed E-state index contributed by atoms with van der Waals surface area (Å²) in [5, 5.41) is 1.79. The van der Waals surface area contributed by atoms with Gasteiger partial charge in [0.15, 0.2) is 0 Å². The molecule has 1 aliphatic rings. The molecule has 0 saturated heterocycles. The lowest BCUT2D eigenvalue weighted by Gasteiger charge is -2.14. The molecule has 0 spiro atoms. The summed E-state index contributed by atoms with van der Waals surface area (Å²) in [7, 11) is 4.83. The second kappa shape index (κ2) is 5.44. The normalized spacial score (nSPS) is 14.0. The molecule has 3 rings (SSSR count). The van der Waals surface area contributed by atoms with Gasteiger partial charge in [-0.25, -0.2) is 4.98 Å². The van der Waals surface area contributed by atoms with Crippen LogP contribution in [0.4, 0.5) is 5.00 Å². The molecule has 1 aromatic heterocycles. The number of anilines is 1. The minimum Gasteiger partial charge on any atom is -0.496 e. The highest BCUT2D eigenvalue weighted by atomic mass is 32.1. The van der Waals surface area contributed by atoms with Crippen LogP contribution in [0.2, 0.25) is 0 Å². The van der Waals surface area contributed by atoms with Crippen LogP contribution in [0.25, 0.3) is 11.3 Å². The number of rotatable bonds is 5. The van der Waals surface area contributed by atoms with Crippen LogP contribution in [0.5, 0.6) is 17.2 Å². The average Bonchev–Trinajstić information content (AvgIpc) is 3.29. The SMILES string of the molecule is COc1cc(OC)c(-c2nc(C3CC3)sc2N)c(OC)c1. The van der Waals surface area contributed by atoms with Crippen LogP contribution >= 0.6 is 11.3 Å². The van der Waals surface area contributed by atoms with Crippen LogP contribution in [0, 0.1) is 0 Å². The van der Waals surface area contributed by atoms with Crippen molar-refractivity contribution in [3.05, 3.63) is 17.1 Å². The van der Waals surface area contributed by atoms with Crippen molar-refractivity contribution in [2.24, 2.45) is 0 Å². The predicted molar refractivity (Wildman–Crippen MR) is 83.6 cm³/mol. The van der Waals surface area contributed by atoms with Crippen LogP contribution in [0.3, 0.4) is 0 Å². The van der Waals surface area contributed by atoms with Crippen molar-refractivity contribution in [1.82, 2.24) is 4.98 Å². The second-order valence-electron chi connectivity index (χ2n) is 4.95. The van der Waals surface area contributed by atoms with Crippen molar-refractivity contribution in [2.45, 2.75) is 18.8 Å². The van der Waals surface area contributed by atoms with E-state index in [0.29, 0.717) is 28.2 Å². The van der Waals surface area contributed by atoms with Crippen molar-refractivity contribution in [2.75, 3.05) is 27.1 Å². The number of nitrogens with two attached hydrogens (primary N) is 1. The lowest BCUT2D eigenvalue weighted by Crippen LogP contribution is -1.97. The maximum atomic E-state index is 6.17. The molecule has 0 bridgehead atoms. The van der Waals surface area contributed by atoms with Gasteiger partial charge in [-0.05, 0) is 12.8 Å². The Morgan fingerprint density at radius 2 is 1.71 bits per heavy atom. The lowest BCUT2D eigenvalue weighted by atomic mass is 10.1. The van der Waals surface area contributed by atoms with Gasteiger partial charge in [-0.2, -0.15) is 0 Å². The van der Waals surface area contributed by atoms with Gasteiger partial charge in [0.2, 0.25) is 0 Å². The summed E-state index contributed by atoms with van der Waals surface area (Å²) in [5.74, 6) is 2.53. The molecule has 1 heterocycles. The highest BCUT2D eigenvalue weighted by Gasteiger charge is 2.29. The van der Waals surface area contributed by atoms with Gasteiger partial charge in [0.25, 0.3) is 0 Å². The van der Waals surface area contributed by atoms with Crippen LogP contribution in [-0.4, -0.2) is 26.3 Å². The van der Waals surface area contributed by atoms with Gasteiger partial charge in [0.05, 0.1) is 31.9 Å². The van der Waals surface area contributed by atoms with E-state index in [0.717, 1.165) is 16.3 Å². The first-order valence-corrected chi connectivity index (χ1v) is 7.56. The Kier molecular flexibility index (Phi) is 3.63. The van der Waals surface area contributed by atoms with Crippen molar-refractivity contribution in [3.8, 4) is 28.5 Å². The standard InChI is InChI=1S/C15H18N2O3S/c1-18-9-6-10(19-2)12(11(7-9)20-3)13-14(16)21-15(17-13)8-4-5-8/h6-8H,4-5,16H2,1-3H3. The zero-order valence-electron chi connectivity index (χ0n) is 12.3. The first-order valence-electron chi connectivity index (χ1n) is 6.74. The Bertz CT molecular complexity index is 640. The Morgan fingerprint density at radius 3 is 2.19 bits per heavy atom. The highest BCUT2D eigenvalue weighted by Crippen LogP contribution is 2.49. The van der Waals surface area contributed by atoms with Crippen molar-refractivity contribution >= 4 is 16.3 Å². The highest BCUT2D eigenvalue weighted by molar-refractivity contribution is 7.16. The van der Waals surface area contributed by atoms with E-state index in [9.17, 15) is 0 Å². The van der Waals surface area contributed by atoms with Gasteiger partial charge in [-0.3, -0.25) is 0 Å². The molecule has 0 aliphatic heterocycles. The number of benzene rings is 1. The fourth-order valence-corrected chi connectivity index (χ4v) is 3.28. The fourth-order valence-electron chi connectivity index (χ4n) is 2.27. The third-order valence-corrected chi connectivity index (χ3v) is 4.60. The number of hydrogen-bond acceptors (Lipinski definition) is 6. The van der Waals surface area contributed by atoms with Crippen LogP contribution in [0.1, 0.15) is 23.8 Å². The van der Waals surface area contributed by atoms with Gasteiger partial charge < -0.3 is 19.9 Å². The molecule has 0 amide bonds. The quantitative estimate of drug-likeness (QED) is 0.918. The summed E-state index contributed by atoms with van der Waals surface area (Å²) in [6.07, 6.45) is 2.40. The molecule has 6 heteroatoms. The zero-order valence-corrected chi connectivity index (χ0v) is 13.1. The Balaban J connectivity index is 2.15. The van der Waals surface area contributed by atoms with E-state index in [1.54, 1.807) is 32.7 Å². The van der Waals surface area contributed by atoms with Crippen LogP contribution < -0.4 is 19.9 Å². The number of aromatic nitrogens is 1. The number of methoxy groups -OCH3 is 3. The summed E-state index contributed by atoms with van der Waals surface area (Å²) in [6.45, 7) is 0. The largest absolute Gasteiger partial charge is 0.496 e.